The summed E-state index contributed by atoms with van der Waals surface area (Å²) in [5.41, 5.74) is 1.17. The Morgan fingerprint density at radius 2 is 1.85 bits per heavy atom. The van der Waals surface area contributed by atoms with Gasteiger partial charge in [0.2, 0.25) is 0 Å². The lowest BCUT2D eigenvalue weighted by molar-refractivity contribution is 0.0696. The van der Waals surface area contributed by atoms with Crippen LogP contribution in [0.3, 0.4) is 0 Å². The number of thioether (sulfide) groups is 1. The summed E-state index contributed by atoms with van der Waals surface area (Å²) in [6.07, 6.45) is 1.90. The van der Waals surface area contributed by atoms with Crippen molar-refractivity contribution in [1.29, 1.82) is 0 Å². The van der Waals surface area contributed by atoms with Gasteiger partial charge in [0.15, 0.2) is 0 Å². The molecule has 0 radical (unpaired) electrons. The van der Waals surface area contributed by atoms with Gasteiger partial charge in [0, 0.05) is 10.6 Å². The van der Waals surface area contributed by atoms with Gasteiger partial charge in [-0.15, -0.1) is 11.8 Å². The molecule has 20 heavy (non-hydrogen) atoms. The van der Waals surface area contributed by atoms with Gasteiger partial charge in [-0.2, -0.15) is 0 Å². The van der Waals surface area contributed by atoms with E-state index in [9.17, 15) is 9.59 Å². The van der Waals surface area contributed by atoms with Gasteiger partial charge in [-0.05, 0) is 36.6 Å². The summed E-state index contributed by atoms with van der Waals surface area (Å²) in [4.78, 5) is 24.0. The average molecular weight is 287 g/mol. The van der Waals surface area contributed by atoms with Crippen LogP contribution in [0.15, 0.2) is 53.4 Å². The monoisotopic (exact) mass is 287 g/mol. The number of carboxylic acids is 1. The number of anilines is 1. The molecule has 0 aliphatic rings. The lowest BCUT2D eigenvalue weighted by Gasteiger charge is -2.09. The van der Waals surface area contributed by atoms with Crippen LogP contribution in [-0.2, 0) is 0 Å². The van der Waals surface area contributed by atoms with Crippen molar-refractivity contribution in [3.63, 3.8) is 0 Å². The Balaban J connectivity index is 2.23. The molecule has 2 N–H and O–H groups in total. The molecule has 0 saturated carbocycles. The number of nitrogens with one attached hydrogen (secondary N) is 1. The second-order valence-corrected chi connectivity index (χ2v) is 4.89. The van der Waals surface area contributed by atoms with Crippen molar-refractivity contribution in [3.05, 3.63) is 59.7 Å². The van der Waals surface area contributed by atoms with E-state index in [1.807, 2.05) is 18.4 Å². The second kappa shape index (κ2) is 6.25. The van der Waals surface area contributed by atoms with E-state index in [1.54, 1.807) is 24.3 Å². The van der Waals surface area contributed by atoms with Gasteiger partial charge in [-0.3, -0.25) is 4.79 Å². The van der Waals surface area contributed by atoms with Crippen molar-refractivity contribution >= 4 is 29.3 Å². The minimum absolute atomic E-state index is 0.140. The third-order valence-corrected chi connectivity index (χ3v) is 3.51. The SMILES string of the molecule is CSc1ccccc1C(=O)Nc1cccc(C(=O)O)c1. The van der Waals surface area contributed by atoms with Gasteiger partial charge in [-0.1, -0.05) is 18.2 Å². The van der Waals surface area contributed by atoms with Crippen LogP contribution in [0, 0.1) is 0 Å². The highest BCUT2D eigenvalue weighted by molar-refractivity contribution is 7.98. The lowest BCUT2D eigenvalue weighted by atomic mass is 10.1. The molecule has 2 aromatic carbocycles. The van der Waals surface area contributed by atoms with Crippen molar-refractivity contribution < 1.29 is 14.7 Å². The molecule has 0 atom stereocenters. The van der Waals surface area contributed by atoms with E-state index in [1.165, 1.54) is 23.9 Å². The van der Waals surface area contributed by atoms with Gasteiger partial charge in [0.05, 0.1) is 11.1 Å². The zero-order valence-electron chi connectivity index (χ0n) is 10.8. The fraction of sp³-hybridized carbons (Fsp3) is 0.0667. The first-order chi connectivity index (χ1) is 9.61. The Morgan fingerprint density at radius 1 is 1.10 bits per heavy atom. The Morgan fingerprint density at radius 3 is 2.55 bits per heavy atom. The highest BCUT2D eigenvalue weighted by atomic mass is 32.2. The third kappa shape index (κ3) is 3.19. The lowest BCUT2D eigenvalue weighted by Crippen LogP contribution is -2.13. The van der Waals surface area contributed by atoms with Crippen LogP contribution in [0.1, 0.15) is 20.7 Å². The van der Waals surface area contributed by atoms with Gasteiger partial charge < -0.3 is 10.4 Å². The van der Waals surface area contributed by atoms with Crippen molar-refractivity contribution in [1.82, 2.24) is 0 Å². The number of carbonyl (C=O) groups excluding carboxylic acids is 1. The van der Waals surface area contributed by atoms with Gasteiger partial charge in [0.1, 0.15) is 0 Å². The third-order valence-electron chi connectivity index (χ3n) is 2.72. The highest BCUT2D eigenvalue weighted by Crippen LogP contribution is 2.21. The summed E-state index contributed by atoms with van der Waals surface area (Å²) in [7, 11) is 0. The Kier molecular flexibility index (Phi) is 4.42. The number of amides is 1. The fourth-order valence-corrected chi connectivity index (χ4v) is 2.36. The molecule has 0 saturated heterocycles. The maximum atomic E-state index is 12.2. The highest BCUT2D eigenvalue weighted by Gasteiger charge is 2.11. The normalized spacial score (nSPS) is 10.1. The van der Waals surface area contributed by atoms with Gasteiger partial charge >= 0.3 is 5.97 Å². The van der Waals surface area contributed by atoms with Crippen LogP contribution in [0.25, 0.3) is 0 Å². The number of aromatic carboxylic acids is 1. The van der Waals surface area contributed by atoms with Crippen LogP contribution in [0.5, 0.6) is 0 Å². The van der Waals surface area contributed by atoms with E-state index in [0.29, 0.717) is 11.3 Å². The van der Waals surface area contributed by atoms with Crippen molar-refractivity contribution in [3.8, 4) is 0 Å². The summed E-state index contributed by atoms with van der Waals surface area (Å²) >= 11 is 1.49. The molecule has 2 rings (SSSR count). The predicted octanol–water partition coefficient (Wildman–Crippen LogP) is 3.36. The molecule has 0 aliphatic heterocycles. The van der Waals surface area contributed by atoms with Gasteiger partial charge in [-0.25, -0.2) is 4.79 Å². The minimum atomic E-state index is -1.02. The molecule has 1 amide bonds. The van der Waals surface area contributed by atoms with E-state index >= 15 is 0 Å². The number of hydrogen-bond acceptors (Lipinski definition) is 3. The van der Waals surface area contributed by atoms with Crippen LogP contribution in [-0.4, -0.2) is 23.2 Å². The smallest absolute Gasteiger partial charge is 0.335 e. The second-order valence-electron chi connectivity index (χ2n) is 4.04. The average Bonchev–Trinajstić information content (AvgIpc) is 2.47. The number of carbonyl (C=O) groups is 2. The van der Waals surface area contributed by atoms with E-state index in [4.69, 9.17) is 5.11 Å². The van der Waals surface area contributed by atoms with E-state index in [-0.39, 0.29) is 11.5 Å². The van der Waals surface area contributed by atoms with Crippen LogP contribution < -0.4 is 5.32 Å². The molecule has 4 nitrogen and oxygen atoms in total. The first kappa shape index (κ1) is 14.1. The molecule has 0 fully saturated rings. The summed E-state index contributed by atoms with van der Waals surface area (Å²) in [5, 5.41) is 11.6. The molecule has 0 heterocycles. The number of hydrogen-bond donors (Lipinski definition) is 2. The molecule has 0 aromatic heterocycles. The van der Waals surface area contributed by atoms with Crippen LogP contribution in [0.2, 0.25) is 0 Å². The maximum absolute atomic E-state index is 12.2. The zero-order valence-corrected chi connectivity index (χ0v) is 11.6. The first-order valence-corrected chi connectivity index (χ1v) is 7.12. The predicted molar refractivity (Wildman–Crippen MR) is 79.6 cm³/mol. The fourth-order valence-electron chi connectivity index (χ4n) is 1.76. The maximum Gasteiger partial charge on any atom is 0.335 e. The summed E-state index contributed by atoms with van der Waals surface area (Å²) < 4.78 is 0. The van der Waals surface area contributed by atoms with Crippen molar-refractivity contribution in [2.24, 2.45) is 0 Å². The molecule has 2 aromatic rings. The summed E-state index contributed by atoms with van der Waals surface area (Å²) in [6.45, 7) is 0. The van der Waals surface area contributed by atoms with Crippen molar-refractivity contribution in [2.75, 3.05) is 11.6 Å². The largest absolute Gasteiger partial charge is 0.478 e. The van der Waals surface area contributed by atoms with Crippen LogP contribution in [0.4, 0.5) is 5.69 Å². The molecule has 0 bridgehead atoms. The van der Waals surface area contributed by atoms with Crippen molar-refractivity contribution in [2.45, 2.75) is 4.90 Å². The Bertz CT molecular complexity index is 655. The van der Waals surface area contributed by atoms with E-state index in [2.05, 4.69) is 5.32 Å². The van der Waals surface area contributed by atoms with E-state index < -0.39 is 5.97 Å². The first-order valence-electron chi connectivity index (χ1n) is 5.89. The summed E-state index contributed by atoms with van der Waals surface area (Å²) in [6, 6.07) is 13.4. The van der Waals surface area contributed by atoms with E-state index in [0.717, 1.165) is 4.90 Å². The summed E-state index contributed by atoms with van der Waals surface area (Å²) in [5.74, 6) is -1.27. The molecule has 0 spiro atoms. The number of carboxylic acid groups (broad SMARTS) is 1. The molecule has 0 unspecified atom stereocenters. The standard InChI is InChI=1S/C15H13NO3S/c1-20-13-8-3-2-7-12(13)14(17)16-11-6-4-5-10(9-11)15(18)19/h2-9H,1H3,(H,16,17)(H,18,19). The molecule has 102 valence electrons. The molecular weight excluding hydrogens is 274 g/mol. The number of benzene rings is 2. The van der Waals surface area contributed by atoms with Crippen LogP contribution >= 0.6 is 11.8 Å². The minimum Gasteiger partial charge on any atom is -0.478 e. The topological polar surface area (TPSA) is 66.4 Å². The molecular formula is C15H13NO3S. The molecule has 5 heteroatoms. The Hall–Kier alpha value is -2.27. The molecule has 0 aliphatic carbocycles. The quantitative estimate of drug-likeness (QED) is 0.846. The van der Waals surface area contributed by atoms with Gasteiger partial charge in [0.25, 0.3) is 5.91 Å². The zero-order chi connectivity index (χ0) is 14.5. The number of rotatable bonds is 4. The Labute approximate surface area is 120 Å².